The van der Waals surface area contributed by atoms with Gasteiger partial charge in [0.25, 0.3) is 0 Å². The van der Waals surface area contributed by atoms with Gasteiger partial charge in [-0.25, -0.2) is 8.42 Å². The van der Waals surface area contributed by atoms with E-state index in [0.717, 1.165) is 19.4 Å². The molecule has 0 heterocycles. The first-order valence-corrected chi connectivity index (χ1v) is 8.33. The minimum Gasteiger partial charge on any atom is -0.313 e. The Labute approximate surface area is 111 Å². The van der Waals surface area contributed by atoms with E-state index in [1.54, 1.807) is 6.92 Å². The molecular formula is C14H23NO2S. The molecule has 1 atom stereocenters. The molecule has 0 aliphatic carbocycles. The molecule has 1 aromatic rings. The predicted molar refractivity (Wildman–Crippen MR) is 76.6 cm³/mol. The molecule has 0 saturated carbocycles. The first-order valence-electron chi connectivity index (χ1n) is 6.51. The van der Waals surface area contributed by atoms with Crippen LogP contribution in [0, 0.1) is 0 Å². The van der Waals surface area contributed by atoms with E-state index in [-0.39, 0.29) is 17.5 Å². The van der Waals surface area contributed by atoms with Crippen molar-refractivity contribution >= 4 is 9.84 Å². The summed E-state index contributed by atoms with van der Waals surface area (Å²) in [5.74, 6) is 0.456. The normalized spacial score (nSPS) is 13.4. The predicted octanol–water partition coefficient (Wildman–Crippen LogP) is 2.03. The Morgan fingerprint density at radius 1 is 1.22 bits per heavy atom. The van der Waals surface area contributed by atoms with Crippen LogP contribution in [-0.2, 0) is 16.3 Å². The molecule has 3 nitrogen and oxygen atoms in total. The summed E-state index contributed by atoms with van der Waals surface area (Å²) >= 11 is 0. The fourth-order valence-electron chi connectivity index (χ4n) is 1.84. The highest BCUT2D eigenvalue weighted by atomic mass is 32.2. The molecule has 1 aromatic carbocycles. The van der Waals surface area contributed by atoms with Crippen LogP contribution >= 0.6 is 0 Å². The lowest BCUT2D eigenvalue weighted by Crippen LogP contribution is -2.34. The number of hydrogen-bond donors (Lipinski definition) is 1. The minimum atomic E-state index is -2.87. The van der Waals surface area contributed by atoms with E-state index < -0.39 is 9.84 Å². The van der Waals surface area contributed by atoms with Crippen molar-refractivity contribution in [1.29, 1.82) is 0 Å². The molecule has 18 heavy (non-hydrogen) atoms. The van der Waals surface area contributed by atoms with Gasteiger partial charge in [-0.1, -0.05) is 37.3 Å². The minimum absolute atomic E-state index is 0.0331. The third kappa shape index (κ3) is 6.17. The third-order valence-corrected chi connectivity index (χ3v) is 4.81. The summed E-state index contributed by atoms with van der Waals surface area (Å²) in [5.41, 5.74) is 1.33. The number of hydrogen-bond acceptors (Lipinski definition) is 3. The summed E-state index contributed by atoms with van der Waals surface area (Å²) in [7, 11) is -2.87. The Hall–Kier alpha value is -0.870. The second kappa shape index (κ2) is 7.54. The van der Waals surface area contributed by atoms with Gasteiger partial charge in [-0.05, 0) is 31.9 Å². The van der Waals surface area contributed by atoms with Crippen LogP contribution in [0.4, 0.5) is 0 Å². The van der Waals surface area contributed by atoms with Gasteiger partial charge in [0.2, 0.25) is 0 Å². The maximum atomic E-state index is 11.4. The lowest BCUT2D eigenvalue weighted by Gasteiger charge is -2.13. The lowest BCUT2D eigenvalue weighted by atomic mass is 10.1. The zero-order chi connectivity index (χ0) is 13.4. The van der Waals surface area contributed by atoms with Gasteiger partial charge >= 0.3 is 0 Å². The molecule has 1 unspecified atom stereocenters. The van der Waals surface area contributed by atoms with Crippen LogP contribution < -0.4 is 5.32 Å². The molecule has 0 fully saturated rings. The molecule has 1 N–H and O–H groups in total. The average Bonchev–Trinajstić information content (AvgIpc) is 2.35. The molecule has 4 heteroatoms. The summed E-state index contributed by atoms with van der Waals surface area (Å²) in [4.78, 5) is 0. The summed E-state index contributed by atoms with van der Waals surface area (Å²) in [6, 6.07) is 10.4. The lowest BCUT2D eigenvalue weighted by molar-refractivity contribution is 0.549. The molecule has 0 aromatic heterocycles. The van der Waals surface area contributed by atoms with Crippen molar-refractivity contribution in [2.45, 2.75) is 32.7 Å². The van der Waals surface area contributed by atoms with Crippen LogP contribution in [0.15, 0.2) is 30.3 Å². The fourth-order valence-corrected chi connectivity index (χ4v) is 2.96. The molecule has 0 amide bonds. The Morgan fingerprint density at radius 2 is 1.89 bits per heavy atom. The van der Waals surface area contributed by atoms with E-state index in [4.69, 9.17) is 0 Å². The SMILES string of the molecule is CCS(=O)(=O)CC(C)NCCCc1ccccc1. The Kier molecular flexibility index (Phi) is 6.36. The standard InChI is InChI=1S/C14H23NO2S/c1-3-18(16,17)12-13(2)15-11-7-10-14-8-5-4-6-9-14/h4-6,8-9,13,15H,3,7,10-12H2,1-2H3. The van der Waals surface area contributed by atoms with Crippen LogP contribution in [-0.4, -0.2) is 32.5 Å². The topological polar surface area (TPSA) is 46.2 Å². The van der Waals surface area contributed by atoms with Gasteiger partial charge in [0.15, 0.2) is 9.84 Å². The van der Waals surface area contributed by atoms with Crippen molar-refractivity contribution in [2.75, 3.05) is 18.1 Å². The van der Waals surface area contributed by atoms with Crippen LogP contribution in [0.3, 0.4) is 0 Å². The Balaban J connectivity index is 2.18. The zero-order valence-electron chi connectivity index (χ0n) is 11.2. The summed E-state index contributed by atoms with van der Waals surface area (Å²) < 4.78 is 22.8. The van der Waals surface area contributed by atoms with Crippen molar-refractivity contribution in [3.8, 4) is 0 Å². The van der Waals surface area contributed by atoms with Crippen LogP contribution in [0.1, 0.15) is 25.8 Å². The van der Waals surface area contributed by atoms with E-state index in [1.165, 1.54) is 5.56 Å². The molecule has 0 spiro atoms. The molecule has 102 valence electrons. The number of sulfone groups is 1. The summed E-state index contributed by atoms with van der Waals surface area (Å²) in [6.07, 6.45) is 2.06. The van der Waals surface area contributed by atoms with Gasteiger partial charge in [-0.3, -0.25) is 0 Å². The van der Waals surface area contributed by atoms with E-state index in [1.807, 2.05) is 25.1 Å². The number of benzene rings is 1. The van der Waals surface area contributed by atoms with Crippen molar-refractivity contribution < 1.29 is 8.42 Å². The zero-order valence-corrected chi connectivity index (χ0v) is 12.0. The van der Waals surface area contributed by atoms with Crippen molar-refractivity contribution in [3.63, 3.8) is 0 Å². The van der Waals surface area contributed by atoms with Gasteiger partial charge in [-0.2, -0.15) is 0 Å². The van der Waals surface area contributed by atoms with Gasteiger partial charge in [0.1, 0.15) is 0 Å². The van der Waals surface area contributed by atoms with Gasteiger partial charge in [0, 0.05) is 11.8 Å². The largest absolute Gasteiger partial charge is 0.313 e. The van der Waals surface area contributed by atoms with Crippen molar-refractivity contribution in [3.05, 3.63) is 35.9 Å². The summed E-state index contributed by atoms with van der Waals surface area (Å²) in [5, 5.41) is 3.26. The molecule has 0 saturated heterocycles. The second-order valence-corrected chi connectivity index (χ2v) is 7.04. The molecule has 0 radical (unpaired) electrons. The maximum Gasteiger partial charge on any atom is 0.151 e. The summed E-state index contributed by atoms with van der Waals surface area (Å²) in [6.45, 7) is 4.47. The molecule has 0 aliphatic rings. The van der Waals surface area contributed by atoms with E-state index in [0.29, 0.717) is 0 Å². The number of aryl methyl sites for hydroxylation is 1. The number of nitrogens with one attached hydrogen (secondary N) is 1. The fraction of sp³-hybridized carbons (Fsp3) is 0.571. The van der Waals surface area contributed by atoms with Gasteiger partial charge in [0.05, 0.1) is 5.75 Å². The Bertz CT molecular complexity index is 428. The van der Waals surface area contributed by atoms with Gasteiger partial charge < -0.3 is 5.32 Å². The van der Waals surface area contributed by atoms with E-state index >= 15 is 0 Å². The molecule has 0 bridgehead atoms. The monoisotopic (exact) mass is 269 g/mol. The molecule has 0 aliphatic heterocycles. The van der Waals surface area contributed by atoms with Crippen LogP contribution in [0.5, 0.6) is 0 Å². The number of rotatable bonds is 8. The highest BCUT2D eigenvalue weighted by Crippen LogP contribution is 2.02. The third-order valence-electron chi connectivity index (χ3n) is 2.92. The second-order valence-electron chi connectivity index (χ2n) is 4.64. The van der Waals surface area contributed by atoms with Crippen LogP contribution in [0.25, 0.3) is 0 Å². The first-order chi connectivity index (χ1) is 8.53. The maximum absolute atomic E-state index is 11.4. The quantitative estimate of drug-likeness (QED) is 0.735. The first kappa shape index (κ1) is 15.2. The van der Waals surface area contributed by atoms with Crippen molar-refractivity contribution in [2.24, 2.45) is 0 Å². The smallest absolute Gasteiger partial charge is 0.151 e. The molecule has 1 rings (SSSR count). The Morgan fingerprint density at radius 3 is 2.50 bits per heavy atom. The van der Waals surface area contributed by atoms with E-state index in [9.17, 15) is 8.42 Å². The highest BCUT2D eigenvalue weighted by molar-refractivity contribution is 7.91. The van der Waals surface area contributed by atoms with Crippen LogP contribution in [0.2, 0.25) is 0 Å². The average molecular weight is 269 g/mol. The molecular weight excluding hydrogens is 246 g/mol. The highest BCUT2D eigenvalue weighted by Gasteiger charge is 2.12. The van der Waals surface area contributed by atoms with Gasteiger partial charge in [-0.15, -0.1) is 0 Å². The van der Waals surface area contributed by atoms with E-state index in [2.05, 4.69) is 17.4 Å². The van der Waals surface area contributed by atoms with Crippen molar-refractivity contribution in [1.82, 2.24) is 5.32 Å².